The molecule has 0 aliphatic carbocycles. The molecule has 3 nitrogen and oxygen atoms in total. The van der Waals surface area contributed by atoms with Crippen LogP contribution in [0.25, 0.3) is 0 Å². The molecule has 1 aliphatic heterocycles. The topological polar surface area (TPSA) is 38.3 Å². The van der Waals surface area contributed by atoms with Crippen molar-refractivity contribution >= 4 is 21.8 Å². The van der Waals surface area contributed by atoms with Crippen LogP contribution in [0.2, 0.25) is 0 Å². The van der Waals surface area contributed by atoms with E-state index in [2.05, 4.69) is 40.3 Å². The first-order chi connectivity index (χ1) is 8.48. The number of halogens is 1. The quantitative estimate of drug-likeness (QED) is 0.911. The van der Waals surface area contributed by atoms with Gasteiger partial charge in [-0.15, -0.1) is 0 Å². The lowest BCUT2D eigenvalue weighted by molar-refractivity contribution is -0.122. The lowest BCUT2D eigenvalue weighted by Crippen LogP contribution is -2.49. The first-order valence-corrected chi connectivity index (χ1v) is 6.94. The molecule has 0 spiro atoms. The summed E-state index contributed by atoms with van der Waals surface area (Å²) in [6.45, 7) is 4.33. The van der Waals surface area contributed by atoms with Crippen LogP contribution in [0.3, 0.4) is 0 Å². The van der Waals surface area contributed by atoms with Crippen LogP contribution in [0, 0.1) is 0 Å². The SMILES string of the molecule is CC(=O)N[C@]1(C)CCO[C@@H](c2ccc(Br)cc2)C1. The molecule has 18 heavy (non-hydrogen) atoms. The van der Waals surface area contributed by atoms with Crippen LogP contribution < -0.4 is 5.32 Å². The van der Waals surface area contributed by atoms with Crippen molar-refractivity contribution < 1.29 is 9.53 Å². The van der Waals surface area contributed by atoms with E-state index in [1.165, 1.54) is 0 Å². The van der Waals surface area contributed by atoms with E-state index in [1.807, 2.05) is 12.1 Å². The van der Waals surface area contributed by atoms with E-state index >= 15 is 0 Å². The first-order valence-electron chi connectivity index (χ1n) is 6.14. The van der Waals surface area contributed by atoms with E-state index in [0.29, 0.717) is 6.61 Å². The van der Waals surface area contributed by atoms with Crippen molar-refractivity contribution in [3.05, 3.63) is 34.3 Å². The fourth-order valence-corrected chi connectivity index (χ4v) is 2.69. The zero-order valence-corrected chi connectivity index (χ0v) is 12.3. The average molecular weight is 312 g/mol. The van der Waals surface area contributed by atoms with Gasteiger partial charge in [0.15, 0.2) is 0 Å². The van der Waals surface area contributed by atoms with Crippen molar-refractivity contribution in [2.75, 3.05) is 6.61 Å². The predicted octanol–water partition coefficient (Wildman–Crippen LogP) is 3.20. The third kappa shape index (κ3) is 3.33. The molecule has 1 aromatic carbocycles. The van der Waals surface area contributed by atoms with Crippen molar-refractivity contribution in [1.29, 1.82) is 0 Å². The lowest BCUT2D eigenvalue weighted by atomic mass is 9.86. The Morgan fingerprint density at radius 3 is 2.72 bits per heavy atom. The van der Waals surface area contributed by atoms with Gasteiger partial charge in [-0.3, -0.25) is 4.79 Å². The van der Waals surface area contributed by atoms with Crippen molar-refractivity contribution in [3.8, 4) is 0 Å². The molecule has 1 aromatic rings. The minimum atomic E-state index is -0.165. The fourth-order valence-electron chi connectivity index (χ4n) is 2.43. The maximum atomic E-state index is 11.2. The Labute approximate surface area is 116 Å². The number of amides is 1. The van der Waals surface area contributed by atoms with Crippen molar-refractivity contribution in [2.45, 2.75) is 38.3 Å². The number of hydrogen-bond donors (Lipinski definition) is 1. The third-order valence-electron chi connectivity index (χ3n) is 3.33. The molecule has 1 fully saturated rings. The Morgan fingerprint density at radius 1 is 1.44 bits per heavy atom. The van der Waals surface area contributed by atoms with Gasteiger partial charge in [0.2, 0.25) is 5.91 Å². The zero-order chi connectivity index (χ0) is 13.2. The summed E-state index contributed by atoms with van der Waals surface area (Å²) in [6.07, 6.45) is 1.73. The Kier molecular flexibility index (Phi) is 4.07. The molecular weight excluding hydrogens is 294 g/mol. The summed E-state index contributed by atoms with van der Waals surface area (Å²) in [4.78, 5) is 11.2. The maximum Gasteiger partial charge on any atom is 0.217 e. The van der Waals surface area contributed by atoms with Gasteiger partial charge in [-0.1, -0.05) is 28.1 Å². The largest absolute Gasteiger partial charge is 0.373 e. The van der Waals surface area contributed by atoms with Gasteiger partial charge in [0, 0.05) is 30.0 Å². The Morgan fingerprint density at radius 2 is 2.11 bits per heavy atom. The van der Waals surface area contributed by atoms with Crippen molar-refractivity contribution in [3.63, 3.8) is 0 Å². The molecule has 2 atom stereocenters. The lowest BCUT2D eigenvalue weighted by Gasteiger charge is -2.38. The van der Waals surface area contributed by atoms with E-state index in [0.717, 1.165) is 22.9 Å². The van der Waals surface area contributed by atoms with E-state index < -0.39 is 0 Å². The molecule has 0 aromatic heterocycles. The summed E-state index contributed by atoms with van der Waals surface area (Å²) in [5, 5.41) is 3.04. The molecule has 0 bridgehead atoms. The van der Waals surface area contributed by atoms with Gasteiger partial charge in [0.1, 0.15) is 0 Å². The summed E-state index contributed by atoms with van der Waals surface area (Å²) >= 11 is 3.43. The van der Waals surface area contributed by atoms with Crippen LogP contribution >= 0.6 is 15.9 Å². The van der Waals surface area contributed by atoms with Gasteiger partial charge < -0.3 is 10.1 Å². The normalized spacial score (nSPS) is 27.8. The number of rotatable bonds is 2. The van der Waals surface area contributed by atoms with Gasteiger partial charge >= 0.3 is 0 Å². The highest BCUT2D eigenvalue weighted by atomic mass is 79.9. The predicted molar refractivity (Wildman–Crippen MR) is 74.3 cm³/mol. The summed E-state index contributed by atoms with van der Waals surface area (Å²) in [5.74, 6) is 0.0222. The molecule has 98 valence electrons. The molecule has 0 saturated carbocycles. The maximum absolute atomic E-state index is 11.2. The van der Waals surface area contributed by atoms with E-state index in [4.69, 9.17) is 4.74 Å². The second kappa shape index (κ2) is 5.41. The number of ether oxygens (including phenoxy) is 1. The second-order valence-electron chi connectivity index (χ2n) is 5.11. The van der Waals surface area contributed by atoms with Crippen LogP contribution in [0.5, 0.6) is 0 Å². The molecule has 0 radical (unpaired) electrons. The van der Waals surface area contributed by atoms with Crippen LogP contribution in [0.1, 0.15) is 38.4 Å². The molecule has 1 heterocycles. The van der Waals surface area contributed by atoms with Crippen molar-refractivity contribution in [1.82, 2.24) is 5.32 Å². The number of hydrogen-bond acceptors (Lipinski definition) is 2. The minimum absolute atomic E-state index is 0.0222. The van der Waals surface area contributed by atoms with Gasteiger partial charge in [-0.05, 0) is 31.0 Å². The van der Waals surface area contributed by atoms with Crippen molar-refractivity contribution in [2.24, 2.45) is 0 Å². The van der Waals surface area contributed by atoms with Gasteiger partial charge in [0.25, 0.3) is 0 Å². The summed E-state index contributed by atoms with van der Waals surface area (Å²) < 4.78 is 6.88. The molecule has 1 saturated heterocycles. The zero-order valence-electron chi connectivity index (χ0n) is 10.7. The van der Waals surface area contributed by atoms with E-state index in [1.54, 1.807) is 6.92 Å². The number of carbonyl (C=O) groups excluding carboxylic acids is 1. The standard InChI is InChI=1S/C14H18BrNO2/c1-10(17)16-14(2)7-8-18-13(9-14)11-3-5-12(15)6-4-11/h3-6,13H,7-9H2,1-2H3,(H,16,17)/t13-,14-/m1/s1. The molecule has 4 heteroatoms. The molecular formula is C14H18BrNO2. The van der Waals surface area contributed by atoms with Gasteiger partial charge in [-0.25, -0.2) is 0 Å². The first kappa shape index (κ1) is 13.6. The molecule has 1 aliphatic rings. The monoisotopic (exact) mass is 311 g/mol. The minimum Gasteiger partial charge on any atom is -0.373 e. The molecule has 1 amide bonds. The smallest absolute Gasteiger partial charge is 0.217 e. The molecule has 0 unspecified atom stereocenters. The van der Waals surface area contributed by atoms with Gasteiger partial charge in [-0.2, -0.15) is 0 Å². The third-order valence-corrected chi connectivity index (χ3v) is 3.86. The van der Waals surface area contributed by atoms with Crippen LogP contribution in [0.4, 0.5) is 0 Å². The van der Waals surface area contributed by atoms with Gasteiger partial charge in [0.05, 0.1) is 6.10 Å². The van der Waals surface area contributed by atoms with Crippen LogP contribution in [0.15, 0.2) is 28.7 Å². The average Bonchev–Trinajstić information content (AvgIpc) is 2.28. The fraction of sp³-hybridized carbons (Fsp3) is 0.500. The van der Waals surface area contributed by atoms with E-state index in [9.17, 15) is 4.79 Å². The Bertz CT molecular complexity index is 432. The summed E-state index contributed by atoms with van der Waals surface area (Å²) in [6, 6.07) is 8.16. The van der Waals surface area contributed by atoms with E-state index in [-0.39, 0.29) is 17.6 Å². The number of nitrogens with one attached hydrogen (secondary N) is 1. The highest BCUT2D eigenvalue weighted by molar-refractivity contribution is 9.10. The van der Waals surface area contributed by atoms with Crippen LogP contribution in [-0.4, -0.2) is 18.1 Å². The highest BCUT2D eigenvalue weighted by Crippen LogP contribution is 2.34. The summed E-state index contributed by atoms with van der Waals surface area (Å²) in [5.41, 5.74) is 0.997. The second-order valence-corrected chi connectivity index (χ2v) is 6.02. The summed E-state index contributed by atoms with van der Waals surface area (Å²) in [7, 11) is 0. The number of carbonyl (C=O) groups is 1. The molecule has 1 N–H and O–H groups in total. The highest BCUT2D eigenvalue weighted by Gasteiger charge is 2.34. The Balaban J connectivity index is 2.11. The number of benzene rings is 1. The Hall–Kier alpha value is -0.870. The molecule has 2 rings (SSSR count). The van der Waals surface area contributed by atoms with Crippen LogP contribution in [-0.2, 0) is 9.53 Å².